The van der Waals surface area contributed by atoms with Gasteiger partial charge in [0.1, 0.15) is 16.4 Å². The lowest BCUT2D eigenvalue weighted by atomic mass is 9.96. The summed E-state index contributed by atoms with van der Waals surface area (Å²) in [4.78, 5) is 11.1. The maximum Gasteiger partial charge on any atom is 0.307 e. The second kappa shape index (κ2) is 7.16. The Balaban J connectivity index is 2.49. The molecular formula is C15H20ClNO6S. The molecule has 7 nitrogen and oxygen atoms in total. The van der Waals surface area contributed by atoms with Crippen molar-refractivity contribution in [3.8, 4) is 11.5 Å². The van der Waals surface area contributed by atoms with Gasteiger partial charge in [-0.15, -0.1) is 0 Å². The lowest BCUT2D eigenvalue weighted by Crippen LogP contribution is -2.47. The van der Waals surface area contributed by atoms with Crippen molar-refractivity contribution in [3.63, 3.8) is 0 Å². The van der Waals surface area contributed by atoms with Gasteiger partial charge in [0.2, 0.25) is 10.0 Å². The average Bonchev–Trinajstić information content (AvgIpc) is 2.54. The number of aliphatic carboxylic acids is 1. The van der Waals surface area contributed by atoms with Crippen molar-refractivity contribution in [2.45, 2.75) is 30.7 Å². The Morgan fingerprint density at radius 3 is 2.42 bits per heavy atom. The van der Waals surface area contributed by atoms with Crippen molar-refractivity contribution in [1.82, 2.24) is 4.31 Å². The van der Waals surface area contributed by atoms with Gasteiger partial charge in [0, 0.05) is 18.7 Å². The lowest BCUT2D eigenvalue weighted by molar-refractivity contribution is -0.143. The zero-order valence-electron chi connectivity index (χ0n) is 13.7. The third-order valence-electron chi connectivity index (χ3n) is 4.20. The van der Waals surface area contributed by atoms with Crippen molar-refractivity contribution in [2.75, 3.05) is 20.8 Å². The molecule has 0 radical (unpaired) electrons. The van der Waals surface area contributed by atoms with Gasteiger partial charge in [-0.1, -0.05) is 11.6 Å². The van der Waals surface area contributed by atoms with Crippen LogP contribution in [-0.4, -0.2) is 50.6 Å². The highest BCUT2D eigenvalue weighted by Crippen LogP contribution is 2.38. The summed E-state index contributed by atoms with van der Waals surface area (Å²) in [6.45, 7) is 1.68. The number of sulfonamides is 1. The van der Waals surface area contributed by atoms with Gasteiger partial charge in [0.05, 0.1) is 25.2 Å². The summed E-state index contributed by atoms with van der Waals surface area (Å²) in [5.41, 5.74) is 0. The SMILES string of the molecule is COc1cc(OC)c(S(=O)(=O)N2CC(C(=O)O)CCC2C)cc1Cl. The number of carboxylic acid groups (broad SMARTS) is 1. The number of piperidine rings is 1. The Morgan fingerprint density at radius 2 is 1.88 bits per heavy atom. The van der Waals surface area contributed by atoms with Crippen LogP contribution in [0.4, 0.5) is 0 Å². The van der Waals surface area contributed by atoms with E-state index < -0.39 is 21.9 Å². The molecule has 1 aromatic rings. The Hall–Kier alpha value is -1.51. The number of hydrogen-bond acceptors (Lipinski definition) is 5. The molecule has 1 aromatic carbocycles. The van der Waals surface area contributed by atoms with Crippen LogP contribution in [0.25, 0.3) is 0 Å². The highest BCUT2D eigenvalue weighted by atomic mass is 35.5. The molecule has 0 aliphatic carbocycles. The van der Waals surface area contributed by atoms with Crippen LogP contribution in [0.1, 0.15) is 19.8 Å². The van der Waals surface area contributed by atoms with Crippen LogP contribution in [-0.2, 0) is 14.8 Å². The van der Waals surface area contributed by atoms with E-state index in [1.165, 1.54) is 30.7 Å². The van der Waals surface area contributed by atoms with Crippen LogP contribution >= 0.6 is 11.6 Å². The molecule has 2 unspecified atom stereocenters. The number of benzene rings is 1. The van der Waals surface area contributed by atoms with E-state index in [0.29, 0.717) is 18.6 Å². The fraction of sp³-hybridized carbons (Fsp3) is 0.533. The van der Waals surface area contributed by atoms with Crippen LogP contribution in [0.15, 0.2) is 17.0 Å². The summed E-state index contributed by atoms with van der Waals surface area (Å²) < 4.78 is 37.5. The van der Waals surface area contributed by atoms with E-state index in [9.17, 15) is 18.3 Å². The predicted molar refractivity (Wildman–Crippen MR) is 88.3 cm³/mol. The summed E-state index contributed by atoms with van der Waals surface area (Å²) in [6.07, 6.45) is 0.922. The van der Waals surface area contributed by atoms with Crippen molar-refractivity contribution in [3.05, 3.63) is 17.2 Å². The first-order valence-electron chi connectivity index (χ1n) is 7.38. The number of methoxy groups -OCH3 is 2. The average molecular weight is 378 g/mol. The minimum atomic E-state index is -3.96. The number of halogens is 1. The normalized spacial score (nSPS) is 22.2. The maximum atomic E-state index is 13.1. The zero-order valence-corrected chi connectivity index (χ0v) is 15.2. The third-order valence-corrected chi connectivity index (χ3v) is 6.50. The Bertz CT molecular complexity index is 736. The molecule has 2 atom stereocenters. The predicted octanol–water partition coefficient (Wildman–Crippen LogP) is 2.23. The second-order valence-corrected chi connectivity index (χ2v) is 7.94. The molecule has 2 rings (SSSR count). The van der Waals surface area contributed by atoms with Crippen LogP contribution in [0.2, 0.25) is 5.02 Å². The van der Waals surface area contributed by atoms with E-state index in [2.05, 4.69) is 0 Å². The first-order valence-corrected chi connectivity index (χ1v) is 9.20. The molecule has 0 saturated carbocycles. The topological polar surface area (TPSA) is 93.1 Å². The number of carbonyl (C=O) groups is 1. The van der Waals surface area contributed by atoms with Gasteiger partial charge in [0.15, 0.2) is 0 Å². The van der Waals surface area contributed by atoms with Crippen molar-refractivity contribution < 1.29 is 27.8 Å². The first-order chi connectivity index (χ1) is 11.2. The van der Waals surface area contributed by atoms with Crippen LogP contribution < -0.4 is 9.47 Å². The van der Waals surface area contributed by atoms with Gasteiger partial charge in [-0.25, -0.2) is 8.42 Å². The second-order valence-electron chi connectivity index (χ2n) is 5.67. The molecule has 0 aromatic heterocycles. The monoisotopic (exact) mass is 377 g/mol. The molecule has 0 amide bonds. The quantitative estimate of drug-likeness (QED) is 0.845. The van der Waals surface area contributed by atoms with E-state index in [4.69, 9.17) is 21.1 Å². The largest absolute Gasteiger partial charge is 0.495 e. The van der Waals surface area contributed by atoms with E-state index in [1.807, 2.05) is 0 Å². The van der Waals surface area contributed by atoms with Crippen molar-refractivity contribution in [1.29, 1.82) is 0 Å². The highest BCUT2D eigenvalue weighted by molar-refractivity contribution is 7.89. The highest BCUT2D eigenvalue weighted by Gasteiger charge is 2.39. The third kappa shape index (κ3) is 3.45. The molecule has 1 aliphatic heterocycles. The van der Waals surface area contributed by atoms with E-state index in [-0.39, 0.29) is 28.3 Å². The van der Waals surface area contributed by atoms with E-state index >= 15 is 0 Å². The number of carboxylic acids is 1. The molecule has 1 saturated heterocycles. The standard InChI is InChI=1S/C15H20ClNO6S/c1-9-4-5-10(15(18)19)8-17(9)24(20,21)14-6-11(16)12(22-2)7-13(14)23-3/h6-7,9-10H,4-5,8H2,1-3H3,(H,18,19). The fourth-order valence-corrected chi connectivity index (χ4v) is 4.95. The van der Waals surface area contributed by atoms with E-state index in [0.717, 1.165) is 0 Å². The summed E-state index contributed by atoms with van der Waals surface area (Å²) in [6, 6.07) is 2.36. The van der Waals surface area contributed by atoms with Gasteiger partial charge in [-0.05, 0) is 25.8 Å². The smallest absolute Gasteiger partial charge is 0.307 e. The minimum absolute atomic E-state index is 0.0777. The Kier molecular flexibility index (Phi) is 5.62. The molecule has 0 spiro atoms. The molecule has 1 N–H and O–H groups in total. The molecule has 9 heteroatoms. The first kappa shape index (κ1) is 18.8. The number of hydrogen-bond donors (Lipinski definition) is 1. The van der Waals surface area contributed by atoms with Gasteiger partial charge in [0.25, 0.3) is 0 Å². The van der Waals surface area contributed by atoms with Gasteiger partial charge < -0.3 is 14.6 Å². The number of ether oxygens (including phenoxy) is 2. The van der Waals surface area contributed by atoms with Gasteiger partial charge >= 0.3 is 5.97 Å². The van der Waals surface area contributed by atoms with E-state index in [1.54, 1.807) is 6.92 Å². The Morgan fingerprint density at radius 1 is 1.25 bits per heavy atom. The fourth-order valence-electron chi connectivity index (χ4n) is 2.77. The summed E-state index contributed by atoms with van der Waals surface area (Å²) in [7, 11) is -1.20. The molecule has 24 heavy (non-hydrogen) atoms. The molecule has 1 aliphatic rings. The summed E-state index contributed by atoms with van der Waals surface area (Å²) >= 11 is 6.06. The van der Waals surface area contributed by atoms with Crippen LogP contribution in [0.3, 0.4) is 0 Å². The lowest BCUT2D eigenvalue weighted by Gasteiger charge is -2.35. The molecule has 134 valence electrons. The molecular weight excluding hydrogens is 358 g/mol. The van der Waals surface area contributed by atoms with Crippen LogP contribution in [0.5, 0.6) is 11.5 Å². The number of nitrogens with zero attached hydrogens (tertiary/aromatic N) is 1. The summed E-state index contributed by atoms with van der Waals surface area (Å²) in [5, 5.41) is 9.34. The zero-order chi connectivity index (χ0) is 18.1. The number of rotatable bonds is 5. The summed E-state index contributed by atoms with van der Waals surface area (Å²) in [5.74, 6) is -1.33. The van der Waals surface area contributed by atoms with Gasteiger partial charge in [-0.3, -0.25) is 4.79 Å². The minimum Gasteiger partial charge on any atom is -0.495 e. The maximum absolute atomic E-state index is 13.1. The van der Waals surface area contributed by atoms with Gasteiger partial charge in [-0.2, -0.15) is 4.31 Å². The van der Waals surface area contributed by atoms with Crippen molar-refractivity contribution >= 4 is 27.6 Å². The van der Waals surface area contributed by atoms with Crippen molar-refractivity contribution in [2.24, 2.45) is 5.92 Å². The van der Waals surface area contributed by atoms with Crippen LogP contribution in [0, 0.1) is 5.92 Å². The molecule has 1 fully saturated rings. The Labute approximate surface area is 146 Å². The molecule has 0 bridgehead atoms. The molecule has 1 heterocycles.